The van der Waals surface area contributed by atoms with Crippen LogP contribution in [-0.4, -0.2) is 29.8 Å². The molecule has 1 aromatic heterocycles. The van der Waals surface area contributed by atoms with E-state index in [1.165, 1.54) is 11.1 Å². The van der Waals surface area contributed by atoms with Gasteiger partial charge in [0.25, 0.3) is 0 Å². The summed E-state index contributed by atoms with van der Waals surface area (Å²) in [5.74, 6) is 2.99. The van der Waals surface area contributed by atoms with Crippen molar-refractivity contribution in [3.05, 3.63) is 76.3 Å². The summed E-state index contributed by atoms with van der Waals surface area (Å²) in [6.45, 7) is 13.3. The van der Waals surface area contributed by atoms with Gasteiger partial charge in [-0.25, -0.2) is 4.98 Å². The zero-order chi connectivity index (χ0) is 24.1. The van der Waals surface area contributed by atoms with Gasteiger partial charge in [0.2, 0.25) is 6.79 Å². The van der Waals surface area contributed by atoms with E-state index in [4.69, 9.17) is 19.2 Å². The minimum atomic E-state index is 0.281. The van der Waals surface area contributed by atoms with Crippen LogP contribution < -0.4 is 19.5 Å². The molecule has 6 nitrogen and oxygen atoms in total. The maximum atomic E-state index is 5.58. The van der Waals surface area contributed by atoms with Crippen molar-refractivity contribution in [2.45, 2.75) is 46.4 Å². The molecular weight excluding hydrogens is 446 g/mol. The molecule has 1 unspecified atom stereocenters. The van der Waals surface area contributed by atoms with Crippen molar-refractivity contribution < 1.29 is 14.2 Å². The van der Waals surface area contributed by atoms with Gasteiger partial charge in [0.15, 0.2) is 11.5 Å². The maximum Gasteiger partial charge on any atom is 0.231 e. The van der Waals surface area contributed by atoms with Crippen LogP contribution in [0.1, 0.15) is 42.6 Å². The van der Waals surface area contributed by atoms with E-state index >= 15 is 0 Å². The van der Waals surface area contributed by atoms with Crippen molar-refractivity contribution in [3.8, 4) is 17.2 Å². The number of rotatable bonds is 11. The molecule has 2 aromatic carbocycles. The van der Waals surface area contributed by atoms with Crippen LogP contribution >= 0.6 is 11.3 Å². The Hall–Kier alpha value is -3.03. The Morgan fingerprint density at radius 1 is 1.06 bits per heavy atom. The zero-order valence-corrected chi connectivity index (χ0v) is 21.2. The average molecular weight is 480 g/mol. The van der Waals surface area contributed by atoms with E-state index in [2.05, 4.69) is 67.2 Å². The molecule has 1 atom stereocenters. The number of methoxy groups -OCH3 is 1. The highest BCUT2D eigenvalue weighted by atomic mass is 32.1. The van der Waals surface area contributed by atoms with E-state index in [0.29, 0.717) is 12.0 Å². The lowest BCUT2D eigenvalue weighted by Crippen LogP contribution is -2.29. The highest BCUT2D eigenvalue weighted by Gasteiger charge is 2.17. The Labute approximate surface area is 206 Å². The lowest BCUT2D eigenvalue weighted by molar-refractivity contribution is 0.174. The number of thiazole rings is 1. The van der Waals surface area contributed by atoms with Crippen LogP contribution in [0.5, 0.6) is 17.2 Å². The highest BCUT2D eigenvalue weighted by molar-refractivity contribution is 7.09. The summed E-state index contributed by atoms with van der Waals surface area (Å²) < 4.78 is 16.4. The Bertz CT molecular complexity index is 1110. The molecule has 4 rings (SSSR count). The first-order valence-electron chi connectivity index (χ1n) is 11.6. The molecule has 1 N–H and O–H groups in total. The Kier molecular flexibility index (Phi) is 7.75. The van der Waals surface area contributed by atoms with E-state index in [0.717, 1.165) is 53.3 Å². The summed E-state index contributed by atoms with van der Waals surface area (Å²) >= 11 is 1.67. The Morgan fingerprint density at radius 3 is 2.50 bits per heavy atom. The predicted molar refractivity (Wildman–Crippen MR) is 137 cm³/mol. The molecular formula is C27H33N3O3S. The third-order valence-corrected chi connectivity index (χ3v) is 6.86. The fraction of sp³-hybridized carbons (Fsp3) is 0.370. The van der Waals surface area contributed by atoms with Crippen LogP contribution in [0.15, 0.2) is 54.4 Å². The van der Waals surface area contributed by atoms with Crippen molar-refractivity contribution in [1.82, 2.24) is 15.2 Å². The molecule has 1 aliphatic rings. The van der Waals surface area contributed by atoms with Gasteiger partial charge in [-0.2, -0.15) is 0 Å². The van der Waals surface area contributed by atoms with Crippen molar-refractivity contribution in [2.75, 3.05) is 13.9 Å². The smallest absolute Gasteiger partial charge is 0.231 e. The molecule has 0 aliphatic carbocycles. The summed E-state index contributed by atoms with van der Waals surface area (Å²) in [5.41, 5.74) is 4.18. The number of hydrogen-bond donors (Lipinski definition) is 1. The summed E-state index contributed by atoms with van der Waals surface area (Å²) in [6, 6.07) is 14.7. The second kappa shape index (κ2) is 10.9. The van der Waals surface area contributed by atoms with Crippen LogP contribution in [0.2, 0.25) is 0 Å². The van der Waals surface area contributed by atoms with Crippen LogP contribution in [-0.2, 0) is 19.6 Å². The molecule has 0 amide bonds. The third-order valence-electron chi connectivity index (χ3n) is 6.03. The Balaban J connectivity index is 1.49. The SMILES string of the molecule is C=C(NC(C)C(C)C)c1csc(CN(Cc2ccc(OC)cc2)Cc2ccc3c(c2)OCO3)n1. The molecule has 180 valence electrons. The number of benzene rings is 2. The average Bonchev–Trinajstić information content (AvgIpc) is 3.48. The van der Waals surface area contributed by atoms with Gasteiger partial charge in [-0.05, 0) is 48.2 Å². The van der Waals surface area contributed by atoms with E-state index in [9.17, 15) is 0 Å². The number of hydrogen-bond acceptors (Lipinski definition) is 7. The molecule has 3 aromatic rings. The number of ether oxygens (including phenoxy) is 3. The quantitative estimate of drug-likeness (QED) is 0.381. The first-order chi connectivity index (χ1) is 16.4. The molecule has 0 fully saturated rings. The second-order valence-corrected chi connectivity index (χ2v) is 9.91. The molecule has 7 heteroatoms. The summed E-state index contributed by atoms with van der Waals surface area (Å²) in [5, 5.41) is 6.62. The number of fused-ring (bicyclic) bond motifs is 1. The Morgan fingerprint density at radius 2 is 1.76 bits per heavy atom. The minimum Gasteiger partial charge on any atom is -0.497 e. The molecule has 1 aliphatic heterocycles. The lowest BCUT2D eigenvalue weighted by Gasteiger charge is -2.22. The molecule has 2 heterocycles. The standard InChI is InChI=1S/C27H33N3O3S/c1-18(2)19(3)28-20(4)24-16-34-27(29-24)15-30(13-21-6-9-23(31-5)10-7-21)14-22-8-11-25-26(12-22)33-17-32-25/h6-12,16,18-19,28H,4,13-15,17H2,1-3,5H3. The van der Waals surface area contributed by atoms with Gasteiger partial charge in [0.05, 0.1) is 25.0 Å². The van der Waals surface area contributed by atoms with Gasteiger partial charge >= 0.3 is 0 Å². The van der Waals surface area contributed by atoms with E-state index in [1.807, 2.05) is 18.2 Å². The zero-order valence-electron chi connectivity index (χ0n) is 20.3. The van der Waals surface area contributed by atoms with E-state index in [-0.39, 0.29) is 6.79 Å². The van der Waals surface area contributed by atoms with Gasteiger partial charge in [0.1, 0.15) is 10.8 Å². The van der Waals surface area contributed by atoms with Crippen LogP contribution in [0, 0.1) is 5.92 Å². The van der Waals surface area contributed by atoms with Gasteiger partial charge in [-0.3, -0.25) is 4.90 Å². The van der Waals surface area contributed by atoms with Crippen molar-refractivity contribution in [1.29, 1.82) is 0 Å². The van der Waals surface area contributed by atoms with Gasteiger partial charge < -0.3 is 19.5 Å². The first-order valence-corrected chi connectivity index (χ1v) is 12.4. The minimum absolute atomic E-state index is 0.281. The lowest BCUT2D eigenvalue weighted by atomic mass is 10.1. The van der Waals surface area contributed by atoms with Gasteiger partial charge in [-0.1, -0.05) is 38.6 Å². The van der Waals surface area contributed by atoms with E-state index < -0.39 is 0 Å². The van der Waals surface area contributed by atoms with Crippen molar-refractivity contribution in [2.24, 2.45) is 5.92 Å². The predicted octanol–water partition coefficient (Wildman–Crippen LogP) is 5.69. The molecule has 34 heavy (non-hydrogen) atoms. The molecule has 0 radical (unpaired) electrons. The number of aromatic nitrogens is 1. The van der Waals surface area contributed by atoms with Crippen molar-refractivity contribution >= 4 is 17.0 Å². The second-order valence-electron chi connectivity index (χ2n) is 8.96. The number of nitrogens with one attached hydrogen (secondary N) is 1. The first kappa shape index (κ1) is 24.1. The topological polar surface area (TPSA) is 55.9 Å². The van der Waals surface area contributed by atoms with Gasteiger partial charge in [-0.15, -0.1) is 11.3 Å². The van der Waals surface area contributed by atoms with Crippen LogP contribution in [0.3, 0.4) is 0 Å². The maximum absolute atomic E-state index is 5.58. The molecule has 0 spiro atoms. The van der Waals surface area contributed by atoms with Crippen LogP contribution in [0.4, 0.5) is 0 Å². The summed E-state index contributed by atoms with van der Waals surface area (Å²) in [6.07, 6.45) is 0. The van der Waals surface area contributed by atoms with E-state index in [1.54, 1.807) is 18.4 Å². The monoisotopic (exact) mass is 479 g/mol. The van der Waals surface area contributed by atoms with Gasteiger partial charge in [0, 0.05) is 24.5 Å². The fourth-order valence-electron chi connectivity index (χ4n) is 3.68. The number of nitrogens with zero attached hydrogens (tertiary/aromatic N) is 2. The summed E-state index contributed by atoms with van der Waals surface area (Å²) in [4.78, 5) is 7.26. The highest BCUT2D eigenvalue weighted by Crippen LogP contribution is 2.33. The fourth-order valence-corrected chi connectivity index (χ4v) is 4.53. The third kappa shape index (κ3) is 6.10. The molecule has 0 bridgehead atoms. The molecule has 0 saturated heterocycles. The largest absolute Gasteiger partial charge is 0.497 e. The summed E-state index contributed by atoms with van der Waals surface area (Å²) in [7, 11) is 1.69. The van der Waals surface area contributed by atoms with Crippen LogP contribution in [0.25, 0.3) is 5.70 Å². The molecule has 0 saturated carbocycles. The van der Waals surface area contributed by atoms with Crippen molar-refractivity contribution in [3.63, 3.8) is 0 Å². The normalized spacial score (nSPS) is 13.4.